The summed E-state index contributed by atoms with van der Waals surface area (Å²) in [7, 11) is 0. The van der Waals surface area contributed by atoms with Gasteiger partial charge in [-0.1, -0.05) is 42.5 Å². The summed E-state index contributed by atoms with van der Waals surface area (Å²) in [6.07, 6.45) is 1.63. The van der Waals surface area contributed by atoms with E-state index in [1.54, 1.807) is 0 Å². The van der Waals surface area contributed by atoms with E-state index in [1.165, 1.54) is 5.39 Å². The third kappa shape index (κ3) is 1.42. The molecule has 0 aliphatic heterocycles. The van der Waals surface area contributed by atoms with E-state index in [0.29, 0.717) is 0 Å². The van der Waals surface area contributed by atoms with Crippen LogP contribution in [0, 0.1) is 0 Å². The van der Waals surface area contributed by atoms with Gasteiger partial charge >= 0.3 is 0 Å². The van der Waals surface area contributed by atoms with Crippen molar-refractivity contribution in [3.63, 3.8) is 0 Å². The molecule has 1 atom stereocenters. The molecule has 2 nitrogen and oxygen atoms in total. The number of aliphatic hydroxyl groups is 1. The molecular formula is C14H15NO. The summed E-state index contributed by atoms with van der Waals surface area (Å²) in [4.78, 5) is 0. The quantitative estimate of drug-likeness (QED) is 0.804. The maximum atomic E-state index is 10.1. The van der Waals surface area contributed by atoms with Gasteiger partial charge in [-0.15, -0.1) is 0 Å². The van der Waals surface area contributed by atoms with Crippen LogP contribution in [0.1, 0.15) is 24.4 Å². The number of hydrogen-bond donors (Lipinski definition) is 2. The van der Waals surface area contributed by atoms with E-state index in [9.17, 15) is 5.11 Å². The van der Waals surface area contributed by atoms with Gasteiger partial charge in [0.25, 0.3) is 0 Å². The second-order valence-corrected chi connectivity index (χ2v) is 4.65. The van der Waals surface area contributed by atoms with Gasteiger partial charge in [0.15, 0.2) is 0 Å². The fourth-order valence-corrected chi connectivity index (χ4v) is 2.25. The van der Waals surface area contributed by atoms with Crippen LogP contribution in [-0.4, -0.2) is 10.7 Å². The highest BCUT2D eigenvalue weighted by Gasteiger charge is 2.46. The second-order valence-electron chi connectivity index (χ2n) is 4.65. The molecule has 16 heavy (non-hydrogen) atoms. The van der Waals surface area contributed by atoms with Crippen molar-refractivity contribution in [2.24, 2.45) is 5.73 Å². The molecule has 82 valence electrons. The highest BCUT2D eigenvalue weighted by atomic mass is 16.3. The molecule has 0 spiro atoms. The summed E-state index contributed by atoms with van der Waals surface area (Å²) >= 11 is 0. The number of hydrogen-bond acceptors (Lipinski definition) is 2. The van der Waals surface area contributed by atoms with Gasteiger partial charge < -0.3 is 10.8 Å². The van der Waals surface area contributed by atoms with Crippen molar-refractivity contribution in [2.75, 3.05) is 0 Å². The molecule has 1 fully saturated rings. The van der Waals surface area contributed by atoms with Gasteiger partial charge in [0.2, 0.25) is 0 Å². The van der Waals surface area contributed by atoms with Gasteiger partial charge in [-0.05, 0) is 29.2 Å². The second kappa shape index (κ2) is 3.30. The number of benzene rings is 2. The van der Waals surface area contributed by atoms with E-state index in [0.717, 1.165) is 23.8 Å². The molecule has 3 N–H and O–H groups in total. The highest BCUT2D eigenvalue weighted by molar-refractivity contribution is 5.86. The normalized spacial score (nSPS) is 19.6. The third-order valence-corrected chi connectivity index (χ3v) is 3.50. The minimum Gasteiger partial charge on any atom is -0.388 e. The maximum absolute atomic E-state index is 10.1. The molecule has 0 heterocycles. The zero-order chi connectivity index (χ0) is 11.2. The lowest BCUT2D eigenvalue weighted by molar-refractivity contribution is 0.120. The van der Waals surface area contributed by atoms with Gasteiger partial charge in [0.1, 0.15) is 0 Å². The molecule has 0 unspecified atom stereocenters. The van der Waals surface area contributed by atoms with Crippen molar-refractivity contribution in [3.8, 4) is 0 Å². The van der Waals surface area contributed by atoms with E-state index in [2.05, 4.69) is 18.2 Å². The maximum Gasteiger partial charge on any atom is 0.0841 e. The van der Waals surface area contributed by atoms with Crippen LogP contribution in [-0.2, 0) is 0 Å². The average Bonchev–Trinajstić information content (AvgIpc) is 3.07. The minimum atomic E-state index is -0.663. The average molecular weight is 213 g/mol. The molecule has 2 aromatic carbocycles. The lowest BCUT2D eigenvalue weighted by Crippen LogP contribution is -2.27. The van der Waals surface area contributed by atoms with Crippen molar-refractivity contribution in [3.05, 3.63) is 48.0 Å². The Morgan fingerprint density at radius 2 is 1.75 bits per heavy atom. The number of nitrogens with two attached hydrogens (primary N) is 1. The predicted molar refractivity (Wildman–Crippen MR) is 65.1 cm³/mol. The van der Waals surface area contributed by atoms with Crippen LogP contribution in [0.3, 0.4) is 0 Å². The molecule has 1 aliphatic rings. The molecule has 0 amide bonds. The third-order valence-electron chi connectivity index (χ3n) is 3.50. The van der Waals surface area contributed by atoms with Gasteiger partial charge in [0.05, 0.1) is 11.6 Å². The Hall–Kier alpha value is -1.38. The first kappa shape index (κ1) is 9.82. The Bertz CT molecular complexity index is 526. The zero-order valence-electron chi connectivity index (χ0n) is 9.06. The van der Waals surface area contributed by atoms with E-state index in [-0.39, 0.29) is 6.04 Å². The van der Waals surface area contributed by atoms with Crippen molar-refractivity contribution in [1.29, 1.82) is 0 Å². The fraction of sp³-hybridized carbons (Fsp3) is 0.286. The molecule has 2 aromatic rings. The Labute approximate surface area is 94.7 Å². The van der Waals surface area contributed by atoms with E-state index < -0.39 is 5.60 Å². The summed E-state index contributed by atoms with van der Waals surface area (Å²) in [5.41, 5.74) is 6.54. The van der Waals surface area contributed by atoms with Gasteiger partial charge in [-0.25, -0.2) is 0 Å². The number of fused-ring (bicyclic) bond motifs is 1. The summed E-state index contributed by atoms with van der Waals surface area (Å²) in [5.74, 6) is 0. The lowest BCUT2D eigenvalue weighted by Gasteiger charge is -2.19. The van der Waals surface area contributed by atoms with Crippen molar-refractivity contribution in [2.45, 2.75) is 24.5 Å². The number of rotatable bonds is 2. The molecule has 0 aromatic heterocycles. The van der Waals surface area contributed by atoms with Crippen LogP contribution in [0.25, 0.3) is 10.8 Å². The Morgan fingerprint density at radius 1 is 1.06 bits per heavy atom. The first-order valence-corrected chi connectivity index (χ1v) is 5.66. The fourth-order valence-electron chi connectivity index (χ4n) is 2.25. The zero-order valence-corrected chi connectivity index (χ0v) is 9.06. The monoisotopic (exact) mass is 213 g/mol. The predicted octanol–water partition coefficient (Wildman–Crippen LogP) is 2.36. The van der Waals surface area contributed by atoms with E-state index >= 15 is 0 Å². The smallest absolute Gasteiger partial charge is 0.0841 e. The van der Waals surface area contributed by atoms with Crippen LogP contribution < -0.4 is 5.73 Å². The van der Waals surface area contributed by atoms with E-state index in [4.69, 9.17) is 5.73 Å². The summed E-state index contributed by atoms with van der Waals surface area (Å²) in [6, 6.07) is 14.0. The first-order chi connectivity index (χ1) is 7.71. The summed E-state index contributed by atoms with van der Waals surface area (Å²) in [5, 5.41) is 12.4. The van der Waals surface area contributed by atoms with Gasteiger partial charge in [-0.2, -0.15) is 0 Å². The van der Waals surface area contributed by atoms with Crippen LogP contribution in [0.5, 0.6) is 0 Å². The molecule has 0 radical (unpaired) electrons. The largest absolute Gasteiger partial charge is 0.388 e. The van der Waals surface area contributed by atoms with Crippen LogP contribution >= 0.6 is 0 Å². The minimum absolute atomic E-state index is 0.265. The topological polar surface area (TPSA) is 46.2 Å². The van der Waals surface area contributed by atoms with Crippen LogP contribution in [0.15, 0.2) is 42.5 Å². The summed E-state index contributed by atoms with van der Waals surface area (Å²) < 4.78 is 0. The molecule has 3 rings (SSSR count). The Morgan fingerprint density at radius 3 is 2.50 bits per heavy atom. The van der Waals surface area contributed by atoms with Crippen LogP contribution in [0.2, 0.25) is 0 Å². The molecule has 2 heteroatoms. The van der Waals surface area contributed by atoms with Crippen LogP contribution in [0.4, 0.5) is 0 Å². The molecule has 1 saturated carbocycles. The molecule has 0 saturated heterocycles. The van der Waals surface area contributed by atoms with Gasteiger partial charge in [-0.3, -0.25) is 0 Å². The summed E-state index contributed by atoms with van der Waals surface area (Å²) in [6.45, 7) is 0. The van der Waals surface area contributed by atoms with Crippen molar-refractivity contribution >= 4 is 10.8 Å². The molecular weight excluding hydrogens is 198 g/mol. The van der Waals surface area contributed by atoms with E-state index in [1.807, 2.05) is 24.3 Å². The highest BCUT2D eigenvalue weighted by Crippen LogP contribution is 2.45. The Balaban J connectivity index is 2.16. The Kier molecular flexibility index (Phi) is 2.03. The first-order valence-electron chi connectivity index (χ1n) is 5.66. The standard InChI is InChI=1S/C14H15NO/c15-13(14(16)8-9-14)12-7-3-5-10-4-1-2-6-11(10)12/h1-7,13,16H,8-9,15H2/t13-/m1/s1. The SMILES string of the molecule is N[C@H](c1cccc2ccccc12)C1(O)CC1. The van der Waals surface area contributed by atoms with Crippen molar-refractivity contribution < 1.29 is 5.11 Å². The van der Waals surface area contributed by atoms with Gasteiger partial charge in [0, 0.05) is 0 Å². The molecule has 1 aliphatic carbocycles. The molecule has 0 bridgehead atoms. The van der Waals surface area contributed by atoms with Crippen molar-refractivity contribution in [1.82, 2.24) is 0 Å². The lowest BCUT2D eigenvalue weighted by atomic mass is 9.95.